The van der Waals surface area contributed by atoms with Crippen molar-refractivity contribution in [1.29, 1.82) is 0 Å². The third-order valence-electron chi connectivity index (χ3n) is 4.34. The molecule has 1 aromatic heterocycles. The lowest BCUT2D eigenvalue weighted by Gasteiger charge is -2.25. The summed E-state index contributed by atoms with van der Waals surface area (Å²) < 4.78 is 30.8. The van der Waals surface area contributed by atoms with Crippen LogP contribution in [0, 0.1) is 6.92 Å². The zero-order valence-corrected chi connectivity index (χ0v) is 16.3. The second-order valence-electron chi connectivity index (χ2n) is 6.50. The maximum atomic E-state index is 12.4. The van der Waals surface area contributed by atoms with Crippen molar-refractivity contribution in [3.8, 4) is 0 Å². The summed E-state index contributed by atoms with van der Waals surface area (Å²) in [4.78, 5) is 24.1. The van der Waals surface area contributed by atoms with Crippen molar-refractivity contribution >= 4 is 21.9 Å². The lowest BCUT2D eigenvalue weighted by molar-refractivity contribution is -0.142. The first-order chi connectivity index (χ1) is 12.5. The first-order valence-corrected chi connectivity index (χ1v) is 9.54. The van der Waals surface area contributed by atoms with Crippen molar-refractivity contribution < 1.29 is 27.5 Å². The van der Waals surface area contributed by atoms with Crippen LogP contribution in [0.25, 0.3) is 0 Å². The molecular weight excluding hydrogens is 372 g/mol. The van der Waals surface area contributed by atoms with Crippen molar-refractivity contribution in [2.24, 2.45) is 0 Å². The first kappa shape index (κ1) is 20.7. The number of rotatable bonds is 7. The predicted octanol–water partition coefficient (Wildman–Crippen LogP) is 1.61. The van der Waals surface area contributed by atoms with Gasteiger partial charge >= 0.3 is 5.97 Å². The van der Waals surface area contributed by atoms with Crippen molar-refractivity contribution in [2.45, 2.75) is 24.2 Å². The Morgan fingerprint density at radius 2 is 1.81 bits per heavy atom. The van der Waals surface area contributed by atoms with Crippen LogP contribution in [-0.2, 0) is 20.2 Å². The van der Waals surface area contributed by atoms with Crippen molar-refractivity contribution in [3.05, 3.63) is 53.5 Å². The molecule has 1 amide bonds. The molecule has 0 aliphatic rings. The number of benzene rings is 1. The molecule has 146 valence electrons. The topological polar surface area (TPSA) is 117 Å². The van der Waals surface area contributed by atoms with Crippen LogP contribution in [-0.4, -0.2) is 50.3 Å². The van der Waals surface area contributed by atoms with E-state index in [4.69, 9.17) is 4.42 Å². The highest BCUT2D eigenvalue weighted by Crippen LogP contribution is 2.25. The Hall–Kier alpha value is -2.65. The molecule has 27 heavy (non-hydrogen) atoms. The van der Waals surface area contributed by atoms with Gasteiger partial charge in [-0.25, -0.2) is 12.7 Å². The zero-order valence-electron chi connectivity index (χ0n) is 15.5. The highest BCUT2D eigenvalue weighted by molar-refractivity contribution is 7.89. The number of nitrogens with one attached hydrogen (secondary N) is 1. The average molecular weight is 394 g/mol. The van der Waals surface area contributed by atoms with Crippen molar-refractivity contribution in [2.75, 3.05) is 20.6 Å². The number of carboxylic acid groups (broad SMARTS) is 1. The summed E-state index contributed by atoms with van der Waals surface area (Å²) in [7, 11) is -1.01. The zero-order chi connectivity index (χ0) is 20.4. The van der Waals surface area contributed by atoms with Gasteiger partial charge in [0.15, 0.2) is 5.76 Å². The lowest BCUT2D eigenvalue weighted by atomic mass is 9.82. The van der Waals surface area contributed by atoms with E-state index in [9.17, 15) is 23.1 Å². The molecule has 0 saturated carbocycles. The number of carboxylic acids is 1. The largest absolute Gasteiger partial charge is 0.481 e. The maximum Gasteiger partial charge on any atom is 0.315 e. The second-order valence-corrected chi connectivity index (χ2v) is 8.62. The van der Waals surface area contributed by atoms with Gasteiger partial charge in [0.2, 0.25) is 10.0 Å². The maximum absolute atomic E-state index is 12.4. The molecular formula is C18H22N2O6S. The van der Waals surface area contributed by atoms with Gasteiger partial charge in [-0.15, -0.1) is 0 Å². The molecule has 2 rings (SSSR count). The van der Waals surface area contributed by atoms with E-state index in [1.807, 2.05) is 0 Å². The normalized spacial score (nSPS) is 14.0. The number of nitrogens with zero attached hydrogens (tertiary/aromatic N) is 1. The molecule has 0 aliphatic carbocycles. The van der Waals surface area contributed by atoms with E-state index in [0.29, 0.717) is 5.56 Å². The number of hydrogen-bond donors (Lipinski definition) is 2. The molecule has 0 fully saturated rings. The van der Waals surface area contributed by atoms with Crippen LogP contribution in [0.3, 0.4) is 0 Å². The molecule has 9 heteroatoms. The van der Waals surface area contributed by atoms with E-state index in [-0.39, 0.29) is 23.0 Å². The summed E-state index contributed by atoms with van der Waals surface area (Å²) >= 11 is 0. The van der Waals surface area contributed by atoms with Gasteiger partial charge in [0, 0.05) is 26.7 Å². The number of carbonyl (C=O) groups is 2. The second kappa shape index (κ2) is 7.53. The molecule has 1 atom stereocenters. The van der Waals surface area contributed by atoms with Gasteiger partial charge in [0.1, 0.15) is 16.1 Å². The number of aliphatic carboxylic acids is 1. The molecule has 1 heterocycles. The number of aryl methyl sites for hydroxylation is 1. The Labute approximate surface area is 157 Å². The van der Waals surface area contributed by atoms with E-state index in [0.717, 1.165) is 10.4 Å². The van der Waals surface area contributed by atoms with Crippen molar-refractivity contribution in [1.82, 2.24) is 9.62 Å². The number of hydrogen-bond acceptors (Lipinski definition) is 5. The molecule has 8 nitrogen and oxygen atoms in total. The Morgan fingerprint density at radius 1 is 1.22 bits per heavy atom. The van der Waals surface area contributed by atoms with Gasteiger partial charge in [-0.3, -0.25) is 9.59 Å². The minimum atomic E-state index is -3.75. The van der Waals surface area contributed by atoms with Gasteiger partial charge in [-0.1, -0.05) is 30.3 Å². The van der Waals surface area contributed by atoms with E-state index < -0.39 is 27.3 Å². The summed E-state index contributed by atoms with van der Waals surface area (Å²) in [5.74, 6) is -1.91. The average Bonchev–Trinajstić information content (AvgIpc) is 3.02. The number of amides is 1. The number of furan rings is 1. The smallest absolute Gasteiger partial charge is 0.315 e. The summed E-state index contributed by atoms with van der Waals surface area (Å²) in [6, 6.07) is 9.67. The van der Waals surface area contributed by atoms with Gasteiger partial charge < -0.3 is 14.8 Å². The van der Waals surface area contributed by atoms with Gasteiger partial charge in [0.25, 0.3) is 5.91 Å². The Bertz CT molecular complexity index is 949. The van der Waals surface area contributed by atoms with Crippen LogP contribution in [0.2, 0.25) is 0 Å². The minimum absolute atomic E-state index is 0.0814. The molecule has 0 bridgehead atoms. The third-order valence-corrected chi connectivity index (χ3v) is 6.26. The fraction of sp³-hybridized carbons (Fsp3) is 0.333. The Kier molecular flexibility index (Phi) is 5.76. The molecule has 2 aromatic rings. The van der Waals surface area contributed by atoms with Gasteiger partial charge in [-0.05, 0) is 19.4 Å². The lowest BCUT2D eigenvalue weighted by Crippen LogP contribution is -2.44. The van der Waals surface area contributed by atoms with E-state index >= 15 is 0 Å². The van der Waals surface area contributed by atoms with Crippen LogP contribution in [0.1, 0.15) is 28.8 Å². The fourth-order valence-corrected chi connectivity index (χ4v) is 3.54. The molecule has 1 aromatic carbocycles. The summed E-state index contributed by atoms with van der Waals surface area (Å²) in [6.07, 6.45) is 0. The van der Waals surface area contributed by atoms with E-state index in [1.54, 1.807) is 30.3 Å². The molecule has 1 unspecified atom stereocenters. The first-order valence-electron chi connectivity index (χ1n) is 8.10. The van der Waals surface area contributed by atoms with Crippen LogP contribution < -0.4 is 5.32 Å². The quantitative estimate of drug-likeness (QED) is 0.737. The Morgan fingerprint density at radius 3 is 2.33 bits per heavy atom. The third kappa shape index (κ3) is 4.04. The SMILES string of the molecule is Cc1oc(C(=O)NCC(C)(C(=O)O)c2ccccc2)cc1S(=O)(=O)N(C)C. The minimum Gasteiger partial charge on any atom is -0.481 e. The molecule has 0 aliphatic heterocycles. The molecule has 0 radical (unpaired) electrons. The Balaban J connectivity index is 2.24. The molecule has 0 spiro atoms. The van der Waals surface area contributed by atoms with Crippen LogP contribution in [0.5, 0.6) is 0 Å². The molecule has 0 saturated heterocycles. The standard InChI is InChI=1S/C18H22N2O6S/c1-12-15(27(24,25)20(3)4)10-14(26-12)16(21)19-11-18(2,17(22)23)13-8-6-5-7-9-13/h5-10H,11H2,1-4H3,(H,19,21)(H,22,23). The van der Waals surface area contributed by atoms with Gasteiger partial charge in [0.05, 0.1) is 0 Å². The number of sulfonamides is 1. The van der Waals surface area contributed by atoms with Crippen molar-refractivity contribution in [3.63, 3.8) is 0 Å². The highest BCUT2D eigenvalue weighted by atomic mass is 32.2. The van der Waals surface area contributed by atoms with Crippen LogP contribution >= 0.6 is 0 Å². The highest BCUT2D eigenvalue weighted by Gasteiger charge is 2.36. The molecule has 2 N–H and O–H groups in total. The van der Waals surface area contributed by atoms with E-state index in [1.165, 1.54) is 27.9 Å². The number of carbonyl (C=O) groups excluding carboxylic acids is 1. The summed E-state index contributed by atoms with van der Waals surface area (Å²) in [5, 5.41) is 12.1. The van der Waals surface area contributed by atoms with Crippen LogP contribution in [0.15, 0.2) is 45.7 Å². The van der Waals surface area contributed by atoms with E-state index in [2.05, 4.69) is 5.32 Å². The van der Waals surface area contributed by atoms with Crippen LogP contribution in [0.4, 0.5) is 0 Å². The summed E-state index contributed by atoms with van der Waals surface area (Å²) in [6.45, 7) is 2.75. The van der Waals surface area contributed by atoms with Gasteiger partial charge in [-0.2, -0.15) is 0 Å². The summed E-state index contributed by atoms with van der Waals surface area (Å²) in [5.41, 5.74) is -0.818. The fourth-order valence-electron chi connectivity index (χ4n) is 2.48. The monoisotopic (exact) mass is 394 g/mol. The predicted molar refractivity (Wildman–Crippen MR) is 98.1 cm³/mol.